The molecule has 0 heterocycles. The van der Waals surface area contributed by atoms with Gasteiger partial charge in [0, 0.05) is 19.3 Å². The number of allylic oxidation sites excluding steroid dienone is 8. The van der Waals surface area contributed by atoms with Crippen LogP contribution in [0.3, 0.4) is 0 Å². The number of carbonyl (C=O) groups is 3. The lowest BCUT2D eigenvalue weighted by atomic mass is 10.0. The van der Waals surface area contributed by atoms with E-state index in [0.717, 1.165) is 89.9 Å². The molecule has 6 nitrogen and oxygen atoms in total. The van der Waals surface area contributed by atoms with Gasteiger partial charge in [0.05, 0.1) is 0 Å². The van der Waals surface area contributed by atoms with Crippen LogP contribution in [0.25, 0.3) is 0 Å². The quantitative estimate of drug-likeness (QED) is 0.0261. The first-order valence-corrected chi connectivity index (χ1v) is 37.1. The van der Waals surface area contributed by atoms with Crippen LogP contribution in [-0.2, 0) is 28.6 Å². The summed E-state index contributed by atoms with van der Waals surface area (Å²) in [7, 11) is 0. The molecule has 0 aromatic carbocycles. The standard InChI is InChI=1S/C77H142O6/c1-4-7-10-13-16-19-22-25-28-30-32-34-35-36-37-38-39-40-41-43-44-46-49-52-55-58-61-64-67-70-76(79)82-73-74(72-81-75(78)69-66-63-60-57-54-51-48-27-24-21-18-15-12-9-6-3)83-77(80)71-68-65-62-59-56-53-50-47-45-42-33-31-29-26-23-20-17-14-11-8-5-2/h8,11,17,20,26,29,33,42,74H,4-7,9-10,12-16,18-19,21-25,27-28,30-32,34-41,43-73H2,1-3H3/b11-8-,20-17-,29-26-,42-33-. The maximum Gasteiger partial charge on any atom is 0.306 e. The van der Waals surface area contributed by atoms with E-state index in [1.54, 1.807) is 0 Å². The molecular weight excluding hydrogens is 1020 g/mol. The van der Waals surface area contributed by atoms with Gasteiger partial charge in [0.25, 0.3) is 0 Å². The van der Waals surface area contributed by atoms with E-state index in [-0.39, 0.29) is 31.1 Å². The zero-order valence-electron chi connectivity index (χ0n) is 56.0. The van der Waals surface area contributed by atoms with Crippen molar-refractivity contribution >= 4 is 17.9 Å². The van der Waals surface area contributed by atoms with E-state index in [0.29, 0.717) is 19.3 Å². The fourth-order valence-corrected chi connectivity index (χ4v) is 11.3. The second kappa shape index (κ2) is 71.8. The third kappa shape index (κ3) is 70.0. The average Bonchev–Trinajstić information content (AvgIpc) is 3.49. The van der Waals surface area contributed by atoms with E-state index >= 15 is 0 Å². The Morgan fingerprint density at radius 1 is 0.253 bits per heavy atom. The summed E-state index contributed by atoms with van der Waals surface area (Å²) in [6, 6.07) is 0. The smallest absolute Gasteiger partial charge is 0.306 e. The van der Waals surface area contributed by atoms with Crippen LogP contribution in [-0.4, -0.2) is 37.2 Å². The van der Waals surface area contributed by atoms with Crippen LogP contribution in [0.2, 0.25) is 0 Å². The van der Waals surface area contributed by atoms with E-state index in [2.05, 4.69) is 69.4 Å². The van der Waals surface area contributed by atoms with Gasteiger partial charge in [-0.1, -0.05) is 378 Å². The number of ether oxygens (including phenoxy) is 3. The Balaban J connectivity index is 4.22. The predicted octanol–water partition coefficient (Wildman–Crippen LogP) is 25.7. The molecule has 0 radical (unpaired) electrons. The van der Waals surface area contributed by atoms with Gasteiger partial charge in [0.15, 0.2) is 6.10 Å². The van der Waals surface area contributed by atoms with Crippen molar-refractivity contribution in [1.82, 2.24) is 0 Å². The number of hydrogen-bond acceptors (Lipinski definition) is 6. The molecule has 6 heteroatoms. The zero-order valence-corrected chi connectivity index (χ0v) is 56.0. The minimum Gasteiger partial charge on any atom is -0.462 e. The van der Waals surface area contributed by atoms with Gasteiger partial charge in [-0.25, -0.2) is 0 Å². The molecule has 83 heavy (non-hydrogen) atoms. The maximum atomic E-state index is 13.0. The van der Waals surface area contributed by atoms with Gasteiger partial charge in [0.1, 0.15) is 13.2 Å². The molecule has 0 spiro atoms. The fourth-order valence-electron chi connectivity index (χ4n) is 11.3. The largest absolute Gasteiger partial charge is 0.462 e. The van der Waals surface area contributed by atoms with Gasteiger partial charge in [-0.3, -0.25) is 14.4 Å². The van der Waals surface area contributed by atoms with Crippen LogP contribution >= 0.6 is 0 Å². The molecule has 0 amide bonds. The molecule has 1 unspecified atom stereocenters. The van der Waals surface area contributed by atoms with Gasteiger partial charge >= 0.3 is 17.9 Å². The van der Waals surface area contributed by atoms with Gasteiger partial charge in [-0.15, -0.1) is 0 Å². The Morgan fingerprint density at radius 3 is 0.735 bits per heavy atom. The molecule has 0 aliphatic rings. The van der Waals surface area contributed by atoms with E-state index in [4.69, 9.17) is 14.2 Å². The second-order valence-corrected chi connectivity index (χ2v) is 25.2. The third-order valence-corrected chi connectivity index (χ3v) is 16.8. The number of hydrogen-bond donors (Lipinski definition) is 0. The van der Waals surface area contributed by atoms with Crippen LogP contribution in [0.1, 0.15) is 406 Å². The van der Waals surface area contributed by atoms with Gasteiger partial charge in [0.2, 0.25) is 0 Å². The molecule has 0 bridgehead atoms. The van der Waals surface area contributed by atoms with Crippen molar-refractivity contribution < 1.29 is 28.6 Å². The first-order chi connectivity index (χ1) is 41.0. The Hall–Kier alpha value is -2.63. The predicted molar refractivity (Wildman–Crippen MR) is 362 cm³/mol. The van der Waals surface area contributed by atoms with Crippen molar-refractivity contribution in [2.24, 2.45) is 0 Å². The highest BCUT2D eigenvalue weighted by molar-refractivity contribution is 5.71. The SMILES string of the molecule is CC/C=C\C/C=C\C/C=C\C/C=C\CCCCCCCCCCC(=O)OC(COC(=O)CCCCCCCCCCCCCCCCC)COC(=O)CCCCCCCCCCCCCCCCCCCCCCCCCCCCCCC. The first kappa shape index (κ1) is 80.4. The summed E-state index contributed by atoms with van der Waals surface area (Å²) in [4.78, 5) is 38.5. The van der Waals surface area contributed by atoms with Gasteiger partial charge < -0.3 is 14.2 Å². The monoisotopic (exact) mass is 1160 g/mol. The highest BCUT2D eigenvalue weighted by Crippen LogP contribution is 2.19. The second-order valence-electron chi connectivity index (χ2n) is 25.2. The third-order valence-electron chi connectivity index (χ3n) is 16.8. The first-order valence-electron chi connectivity index (χ1n) is 37.1. The van der Waals surface area contributed by atoms with Crippen molar-refractivity contribution in [1.29, 1.82) is 0 Å². The lowest BCUT2D eigenvalue weighted by Gasteiger charge is -2.18. The topological polar surface area (TPSA) is 78.9 Å². The molecular formula is C77H142O6. The molecule has 1 atom stereocenters. The van der Waals surface area contributed by atoms with Crippen molar-refractivity contribution in [3.8, 4) is 0 Å². The van der Waals surface area contributed by atoms with Crippen molar-refractivity contribution in [3.63, 3.8) is 0 Å². The normalized spacial score (nSPS) is 12.3. The van der Waals surface area contributed by atoms with Crippen LogP contribution in [0.4, 0.5) is 0 Å². The minimum atomic E-state index is -0.776. The molecule has 0 fully saturated rings. The summed E-state index contributed by atoms with van der Waals surface area (Å²) in [6.45, 7) is 6.60. The van der Waals surface area contributed by atoms with Gasteiger partial charge in [-0.2, -0.15) is 0 Å². The van der Waals surface area contributed by atoms with Crippen molar-refractivity contribution in [2.75, 3.05) is 13.2 Å². The van der Waals surface area contributed by atoms with Gasteiger partial charge in [-0.05, 0) is 57.8 Å². The summed E-state index contributed by atoms with van der Waals surface area (Å²) in [5.41, 5.74) is 0. The maximum absolute atomic E-state index is 13.0. The van der Waals surface area contributed by atoms with Crippen LogP contribution in [0, 0.1) is 0 Å². The lowest BCUT2D eigenvalue weighted by molar-refractivity contribution is -0.167. The van der Waals surface area contributed by atoms with Crippen molar-refractivity contribution in [2.45, 2.75) is 412 Å². The number of unbranched alkanes of at least 4 members (excludes halogenated alkanes) is 50. The number of esters is 3. The summed E-state index contributed by atoms with van der Waals surface area (Å²) in [5, 5.41) is 0. The Bertz CT molecular complexity index is 1430. The molecule has 0 N–H and O–H groups in total. The van der Waals surface area contributed by atoms with E-state index in [1.165, 1.54) is 276 Å². The Kier molecular flexibility index (Phi) is 69.6. The van der Waals surface area contributed by atoms with Crippen LogP contribution in [0.5, 0.6) is 0 Å². The van der Waals surface area contributed by atoms with Crippen LogP contribution in [0.15, 0.2) is 48.6 Å². The molecule has 0 saturated heterocycles. The molecule has 0 saturated carbocycles. The molecule has 486 valence electrons. The molecule has 0 aromatic rings. The van der Waals surface area contributed by atoms with E-state index in [9.17, 15) is 14.4 Å². The zero-order chi connectivity index (χ0) is 59.9. The summed E-state index contributed by atoms with van der Waals surface area (Å²) >= 11 is 0. The summed E-state index contributed by atoms with van der Waals surface area (Å²) < 4.78 is 17.0. The highest BCUT2D eigenvalue weighted by Gasteiger charge is 2.20. The lowest BCUT2D eigenvalue weighted by Crippen LogP contribution is -2.30. The van der Waals surface area contributed by atoms with Crippen molar-refractivity contribution in [3.05, 3.63) is 48.6 Å². The summed E-state index contributed by atoms with van der Waals surface area (Å²) in [5.74, 6) is -0.848. The number of carbonyl (C=O) groups excluding carboxylic acids is 3. The van der Waals surface area contributed by atoms with Crippen LogP contribution < -0.4 is 0 Å². The molecule has 0 aliphatic carbocycles. The fraction of sp³-hybridized carbons (Fsp3) is 0.857. The molecule has 0 rings (SSSR count). The van der Waals surface area contributed by atoms with E-state index in [1.807, 2.05) is 0 Å². The Labute approximate surface area is 518 Å². The average molecular weight is 1160 g/mol. The van der Waals surface area contributed by atoms with E-state index < -0.39 is 6.10 Å². The minimum absolute atomic E-state index is 0.0708. The highest BCUT2D eigenvalue weighted by atomic mass is 16.6. The molecule has 0 aliphatic heterocycles. The Morgan fingerprint density at radius 2 is 0.470 bits per heavy atom. The summed E-state index contributed by atoms with van der Waals surface area (Å²) in [6.07, 6.45) is 91.6. The molecule has 0 aromatic heterocycles. The number of rotatable bonds is 69.